The Balaban J connectivity index is 2.90. The topological polar surface area (TPSA) is 46.3 Å². The van der Waals surface area contributed by atoms with Crippen molar-refractivity contribution in [3.8, 4) is 0 Å². The largest absolute Gasteiger partial charge is 0.338 e. The number of amides is 1. The van der Waals surface area contributed by atoms with E-state index in [1.807, 2.05) is 29.2 Å². The summed E-state index contributed by atoms with van der Waals surface area (Å²) >= 11 is 3.40. The molecule has 0 spiro atoms. The summed E-state index contributed by atoms with van der Waals surface area (Å²) in [7, 11) is 0. The van der Waals surface area contributed by atoms with Crippen LogP contribution in [-0.2, 0) is 0 Å². The minimum Gasteiger partial charge on any atom is -0.338 e. The van der Waals surface area contributed by atoms with E-state index in [1.165, 1.54) is 0 Å². The predicted molar refractivity (Wildman–Crippen MR) is 83.2 cm³/mol. The Labute approximate surface area is 124 Å². The fourth-order valence-electron chi connectivity index (χ4n) is 1.91. The highest BCUT2D eigenvalue weighted by molar-refractivity contribution is 9.10. The summed E-state index contributed by atoms with van der Waals surface area (Å²) in [4.78, 5) is 14.4. The van der Waals surface area contributed by atoms with Gasteiger partial charge in [0, 0.05) is 23.1 Å². The Morgan fingerprint density at radius 1 is 1.42 bits per heavy atom. The fraction of sp³-hybridized carbons (Fsp3) is 0.533. The summed E-state index contributed by atoms with van der Waals surface area (Å²) in [5.41, 5.74) is 6.43. The van der Waals surface area contributed by atoms with Crippen molar-refractivity contribution in [3.63, 3.8) is 0 Å². The summed E-state index contributed by atoms with van der Waals surface area (Å²) < 4.78 is 0.924. The highest BCUT2D eigenvalue weighted by atomic mass is 79.9. The number of rotatable bonds is 6. The van der Waals surface area contributed by atoms with Gasteiger partial charge in [-0.15, -0.1) is 0 Å². The van der Waals surface area contributed by atoms with Gasteiger partial charge < -0.3 is 10.6 Å². The molecule has 0 fully saturated rings. The second-order valence-corrected chi connectivity index (χ2v) is 6.52. The van der Waals surface area contributed by atoms with Gasteiger partial charge in [0.2, 0.25) is 0 Å². The Hall–Kier alpha value is -0.870. The molecule has 2 N–H and O–H groups in total. The van der Waals surface area contributed by atoms with Crippen molar-refractivity contribution in [3.05, 3.63) is 34.3 Å². The van der Waals surface area contributed by atoms with Crippen LogP contribution in [0.3, 0.4) is 0 Å². The van der Waals surface area contributed by atoms with Crippen LogP contribution in [0, 0.1) is 5.41 Å². The van der Waals surface area contributed by atoms with Gasteiger partial charge in [-0.1, -0.05) is 42.8 Å². The highest BCUT2D eigenvalue weighted by Crippen LogP contribution is 2.19. The second kappa shape index (κ2) is 7.06. The number of carbonyl (C=O) groups excluding carboxylic acids is 1. The first kappa shape index (κ1) is 16.2. The van der Waals surface area contributed by atoms with Crippen LogP contribution in [0.25, 0.3) is 0 Å². The van der Waals surface area contributed by atoms with Gasteiger partial charge in [0.25, 0.3) is 5.91 Å². The molecule has 1 rings (SSSR count). The van der Waals surface area contributed by atoms with Gasteiger partial charge in [-0.2, -0.15) is 0 Å². The first-order valence-electron chi connectivity index (χ1n) is 6.64. The molecule has 0 aliphatic heterocycles. The lowest BCUT2D eigenvalue weighted by atomic mass is 9.92. The molecule has 0 atom stereocenters. The van der Waals surface area contributed by atoms with E-state index in [1.54, 1.807) is 0 Å². The summed E-state index contributed by atoms with van der Waals surface area (Å²) in [6.45, 7) is 8.26. The summed E-state index contributed by atoms with van der Waals surface area (Å²) in [5.74, 6) is 0.0738. The predicted octanol–water partition coefficient (Wildman–Crippen LogP) is 3.29. The number of nitrogens with zero attached hydrogens (tertiary/aromatic N) is 1. The average molecular weight is 327 g/mol. The third kappa shape index (κ3) is 4.96. The van der Waals surface area contributed by atoms with Crippen molar-refractivity contribution in [2.24, 2.45) is 11.1 Å². The Morgan fingerprint density at radius 2 is 2.11 bits per heavy atom. The van der Waals surface area contributed by atoms with E-state index in [-0.39, 0.29) is 11.3 Å². The van der Waals surface area contributed by atoms with Crippen LogP contribution < -0.4 is 5.73 Å². The van der Waals surface area contributed by atoms with E-state index in [0.29, 0.717) is 13.1 Å². The van der Waals surface area contributed by atoms with Gasteiger partial charge in [0.15, 0.2) is 0 Å². The van der Waals surface area contributed by atoms with E-state index in [4.69, 9.17) is 5.73 Å². The van der Waals surface area contributed by atoms with Crippen LogP contribution in [0.2, 0.25) is 0 Å². The third-order valence-electron chi connectivity index (χ3n) is 3.02. The molecule has 0 aliphatic rings. The maximum Gasteiger partial charge on any atom is 0.253 e. The molecule has 0 saturated carbocycles. The third-order valence-corrected chi connectivity index (χ3v) is 3.52. The van der Waals surface area contributed by atoms with Crippen molar-refractivity contribution < 1.29 is 4.79 Å². The van der Waals surface area contributed by atoms with Gasteiger partial charge in [-0.25, -0.2) is 0 Å². The summed E-state index contributed by atoms with van der Waals surface area (Å²) in [6.07, 6.45) is 0.945. The van der Waals surface area contributed by atoms with Crippen LogP contribution in [0.15, 0.2) is 28.7 Å². The van der Waals surface area contributed by atoms with Crippen molar-refractivity contribution in [2.45, 2.75) is 27.2 Å². The normalized spacial score (nSPS) is 11.4. The molecule has 0 aliphatic carbocycles. The molecule has 0 bridgehead atoms. The fourth-order valence-corrected chi connectivity index (χ4v) is 2.31. The molecular formula is C15H23BrN2O. The van der Waals surface area contributed by atoms with E-state index in [2.05, 4.69) is 36.7 Å². The Bertz CT molecular complexity index is 432. The number of carbonyl (C=O) groups is 1. The molecule has 0 saturated heterocycles. The molecule has 0 aromatic heterocycles. The highest BCUT2D eigenvalue weighted by Gasteiger charge is 2.24. The molecule has 1 aromatic carbocycles. The van der Waals surface area contributed by atoms with Crippen molar-refractivity contribution >= 4 is 21.8 Å². The quantitative estimate of drug-likeness (QED) is 0.871. The van der Waals surface area contributed by atoms with Gasteiger partial charge in [-0.3, -0.25) is 4.79 Å². The molecule has 4 heteroatoms. The monoisotopic (exact) mass is 326 g/mol. The Kier molecular flexibility index (Phi) is 6.01. The Morgan fingerprint density at radius 3 is 2.63 bits per heavy atom. The lowest BCUT2D eigenvalue weighted by Crippen LogP contribution is -2.42. The molecule has 0 heterocycles. The van der Waals surface area contributed by atoms with E-state index in [0.717, 1.165) is 23.0 Å². The molecule has 19 heavy (non-hydrogen) atoms. The number of nitrogens with two attached hydrogens (primary N) is 1. The maximum atomic E-state index is 12.5. The summed E-state index contributed by atoms with van der Waals surface area (Å²) in [6, 6.07) is 7.52. The van der Waals surface area contributed by atoms with Crippen LogP contribution in [0.1, 0.15) is 37.6 Å². The minimum atomic E-state index is -0.0587. The molecule has 0 unspecified atom stereocenters. The van der Waals surface area contributed by atoms with Crippen molar-refractivity contribution in [2.75, 3.05) is 19.6 Å². The van der Waals surface area contributed by atoms with Crippen LogP contribution in [0.4, 0.5) is 0 Å². The second-order valence-electron chi connectivity index (χ2n) is 5.61. The number of benzene rings is 1. The number of halogens is 1. The van der Waals surface area contributed by atoms with Gasteiger partial charge in [-0.05, 0) is 36.6 Å². The average Bonchev–Trinajstić information content (AvgIpc) is 2.37. The number of hydrogen-bond acceptors (Lipinski definition) is 2. The van der Waals surface area contributed by atoms with Crippen LogP contribution >= 0.6 is 15.9 Å². The zero-order chi connectivity index (χ0) is 14.5. The van der Waals surface area contributed by atoms with Crippen molar-refractivity contribution in [1.29, 1.82) is 0 Å². The number of hydrogen-bond donors (Lipinski definition) is 1. The standard InChI is InChI=1S/C15H23BrN2O/c1-4-8-18(11-15(2,3)10-17)14(19)12-6-5-7-13(16)9-12/h5-7,9H,4,8,10-11,17H2,1-3H3. The van der Waals surface area contributed by atoms with E-state index < -0.39 is 0 Å². The zero-order valence-corrected chi connectivity index (χ0v) is 13.5. The van der Waals surface area contributed by atoms with Crippen LogP contribution in [-0.4, -0.2) is 30.4 Å². The lowest BCUT2D eigenvalue weighted by molar-refractivity contribution is 0.0689. The van der Waals surface area contributed by atoms with Gasteiger partial charge in [0.05, 0.1) is 0 Å². The first-order chi connectivity index (χ1) is 8.89. The van der Waals surface area contributed by atoms with Gasteiger partial charge >= 0.3 is 0 Å². The molecular weight excluding hydrogens is 304 g/mol. The molecule has 1 amide bonds. The van der Waals surface area contributed by atoms with Crippen LogP contribution in [0.5, 0.6) is 0 Å². The minimum absolute atomic E-state index is 0.0587. The smallest absolute Gasteiger partial charge is 0.253 e. The van der Waals surface area contributed by atoms with E-state index in [9.17, 15) is 4.79 Å². The first-order valence-corrected chi connectivity index (χ1v) is 7.44. The van der Waals surface area contributed by atoms with E-state index >= 15 is 0 Å². The molecule has 0 radical (unpaired) electrons. The summed E-state index contributed by atoms with van der Waals surface area (Å²) in [5, 5.41) is 0. The van der Waals surface area contributed by atoms with Crippen molar-refractivity contribution in [1.82, 2.24) is 4.90 Å². The molecule has 1 aromatic rings. The maximum absolute atomic E-state index is 12.5. The molecule has 3 nitrogen and oxygen atoms in total. The lowest BCUT2D eigenvalue weighted by Gasteiger charge is -2.31. The van der Waals surface area contributed by atoms with Gasteiger partial charge in [0.1, 0.15) is 0 Å². The zero-order valence-electron chi connectivity index (χ0n) is 11.9. The molecule has 106 valence electrons. The SMILES string of the molecule is CCCN(CC(C)(C)CN)C(=O)c1cccc(Br)c1.